The SMILES string of the molecule is C.CC(=O)C=C(C)O.[B]1/C=C\C=C/NC[n+]2ccccc21.[Ir].[c-]1ccccc1-c1nc2ccccc2n1-c1ccccc1.c1cc2c3c(c1)c1ccccc1n1c4ccccc4[n+](c31)C2.c1cc2c3c(c1)ccn1c4ccccc4[n+](c31)C2.c1ccc(-n2c3[n+](c4ccccc42)Cc2ccccc2-3)cc1. The Kier molecular flexibility index (Phi) is 19.3. The summed E-state index contributed by atoms with van der Waals surface area (Å²) in [5.41, 5.74) is 24.0. The molecular formula is C91H75BIrN10O2+3. The molecule has 0 bridgehead atoms. The molecule has 510 valence electrons. The molecule has 18 aromatic rings. The van der Waals surface area contributed by atoms with E-state index in [1.54, 1.807) is 0 Å². The molecule has 4 aliphatic rings. The minimum Gasteiger partial charge on any atom is -0.512 e. The molecule has 4 aliphatic heterocycles. The van der Waals surface area contributed by atoms with Gasteiger partial charge in [-0.3, -0.25) is 9.78 Å². The Balaban J connectivity index is 0.000000103. The Morgan fingerprint density at radius 1 is 0.524 bits per heavy atom. The Hall–Kier alpha value is -12.6. The minimum absolute atomic E-state index is 0. The monoisotopic (exact) mass is 1540 g/mol. The van der Waals surface area contributed by atoms with E-state index in [0.717, 1.165) is 54.4 Å². The normalized spacial score (nSPS) is 13.0. The van der Waals surface area contributed by atoms with Crippen LogP contribution in [0.25, 0.3) is 122 Å². The summed E-state index contributed by atoms with van der Waals surface area (Å²) in [6.07, 6.45) is 11.4. The van der Waals surface area contributed by atoms with Gasteiger partial charge in [-0.25, -0.2) is 13.7 Å². The van der Waals surface area contributed by atoms with E-state index in [2.05, 4.69) is 286 Å². The zero-order valence-electron chi connectivity index (χ0n) is 57.4. The maximum absolute atomic E-state index is 10.0. The van der Waals surface area contributed by atoms with Gasteiger partial charge in [-0.1, -0.05) is 177 Å². The van der Waals surface area contributed by atoms with Crippen LogP contribution in [0.2, 0.25) is 0 Å². The number of benzene rings is 11. The first-order valence-electron chi connectivity index (χ1n) is 34.8. The summed E-state index contributed by atoms with van der Waals surface area (Å²) in [5.74, 6) is 4.17. The third-order valence-corrected chi connectivity index (χ3v) is 19.4. The van der Waals surface area contributed by atoms with Crippen molar-refractivity contribution in [2.24, 2.45) is 0 Å². The number of imidazole rings is 4. The van der Waals surface area contributed by atoms with Gasteiger partial charge in [-0.2, -0.15) is 17.9 Å². The van der Waals surface area contributed by atoms with Gasteiger partial charge < -0.3 is 15.0 Å². The second-order valence-electron chi connectivity index (χ2n) is 25.9. The number of ketones is 1. The molecule has 0 aliphatic carbocycles. The summed E-state index contributed by atoms with van der Waals surface area (Å²) < 4.78 is 18.8. The molecule has 0 saturated heterocycles. The molecule has 11 heterocycles. The van der Waals surface area contributed by atoms with Crippen LogP contribution in [0.5, 0.6) is 0 Å². The number of allylic oxidation sites excluding steroid dienone is 4. The van der Waals surface area contributed by atoms with Crippen LogP contribution in [-0.4, -0.2) is 41.1 Å². The average molecular weight is 1540 g/mol. The number of carbonyl (C=O) groups is 1. The Bertz CT molecular complexity index is 6390. The van der Waals surface area contributed by atoms with Crippen LogP contribution < -0.4 is 29.2 Å². The number of aliphatic hydroxyl groups excluding tert-OH is 1. The van der Waals surface area contributed by atoms with Crippen LogP contribution in [0.15, 0.2) is 340 Å². The van der Waals surface area contributed by atoms with Gasteiger partial charge in [0.05, 0.1) is 45.1 Å². The fourth-order valence-electron chi connectivity index (χ4n) is 15.2. The zero-order valence-corrected chi connectivity index (χ0v) is 59.8. The number of aromatic nitrogens is 9. The van der Waals surface area contributed by atoms with E-state index < -0.39 is 0 Å². The maximum atomic E-state index is 10.0. The van der Waals surface area contributed by atoms with Gasteiger partial charge in [0.15, 0.2) is 45.1 Å². The molecule has 0 spiro atoms. The number of rotatable bonds is 4. The van der Waals surface area contributed by atoms with Gasteiger partial charge in [-0.05, 0) is 122 Å². The molecule has 22 rings (SSSR count). The van der Waals surface area contributed by atoms with Crippen LogP contribution in [0, 0.1) is 6.07 Å². The number of aliphatic hydroxyl groups is 1. The summed E-state index contributed by atoms with van der Waals surface area (Å²) in [6.45, 7) is 6.57. The third kappa shape index (κ3) is 12.7. The van der Waals surface area contributed by atoms with Crippen LogP contribution >= 0.6 is 0 Å². The van der Waals surface area contributed by atoms with E-state index >= 15 is 0 Å². The molecule has 0 saturated carbocycles. The van der Waals surface area contributed by atoms with E-state index in [9.17, 15) is 4.79 Å². The summed E-state index contributed by atoms with van der Waals surface area (Å²) in [4.78, 5) is 14.8. The first-order chi connectivity index (χ1) is 50.8. The van der Waals surface area contributed by atoms with Crippen LogP contribution in [0.4, 0.5) is 0 Å². The Morgan fingerprint density at radius 3 is 1.84 bits per heavy atom. The van der Waals surface area contributed by atoms with E-state index in [1.807, 2.05) is 97.1 Å². The molecule has 0 unspecified atom stereocenters. The first kappa shape index (κ1) is 68.2. The van der Waals surface area contributed by atoms with Gasteiger partial charge in [0.1, 0.15) is 36.4 Å². The van der Waals surface area contributed by atoms with E-state index in [1.165, 1.54) is 136 Å². The molecular weight excluding hydrogens is 1470 g/mol. The number of pyridine rings is 3. The summed E-state index contributed by atoms with van der Waals surface area (Å²) in [5, 5.41) is 18.4. The first-order valence-corrected chi connectivity index (χ1v) is 34.8. The third-order valence-electron chi connectivity index (χ3n) is 19.4. The smallest absolute Gasteiger partial charge is 0.296 e. The molecule has 12 nitrogen and oxygen atoms in total. The molecule has 7 aromatic heterocycles. The Labute approximate surface area is 623 Å². The van der Waals surface area contributed by atoms with E-state index in [-0.39, 0.29) is 39.1 Å². The molecule has 2 radical (unpaired) electrons. The fourth-order valence-corrected chi connectivity index (χ4v) is 15.2. The molecule has 14 heteroatoms. The van der Waals surface area contributed by atoms with Crippen molar-refractivity contribution in [3.63, 3.8) is 0 Å². The van der Waals surface area contributed by atoms with Crippen LogP contribution in [-0.2, 0) is 51.2 Å². The van der Waals surface area contributed by atoms with Crippen LogP contribution in [0.3, 0.4) is 0 Å². The molecule has 0 amide bonds. The summed E-state index contributed by atoms with van der Waals surface area (Å²) in [6, 6.07) is 105. The molecule has 0 atom stereocenters. The number of para-hydroxylation sites is 11. The average Bonchev–Trinajstić information content (AvgIpc) is 1.54. The number of carbonyl (C=O) groups excluding carboxylic acids is 1. The Morgan fingerprint density at radius 2 is 1.10 bits per heavy atom. The predicted octanol–water partition coefficient (Wildman–Crippen LogP) is 16.9. The summed E-state index contributed by atoms with van der Waals surface area (Å²) in [7, 11) is 2.09. The van der Waals surface area contributed by atoms with Gasteiger partial charge >= 0.3 is 0 Å². The van der Waals surface area contributed by atoms with Crippen molar-refractivity contribution in [2.75, 3.05) is 0 Å². The van der Waals surface area contributed by atoms with Gasteiger partial charge in [-0.15, -0.1) is 41.9 Å². The molecule has 105 heavy (non-hydrogen) atoms. The van der Waals surface area contributed by atoms with E-state index in [0.29, 0.717) is 0 Å². The second kappa shape index (κ2) is 29.8. The van der Waals surface area contributed by atoms with Crippen LogP contribution in [0.1, 0.15) is 38.0 Å². The predicted molar refractivity (Wildman–Crippen MR) is 422 cm³/mol. The largest absolute Gasteiger partial charge is 0.512 e. The van der Waals surface area contributed by atoms with Crippen molar-refractivity contribution in [2.45, 2.75) is 47.6 Å². The fraction of sp³-hybridized carbons (Fsp3) is 0.0769. The van der Waals surface area contributed by atoms with Gasteiger partial charge in [0.25, 0.3) is 24.4 Å². The molecule has 2 N–H and O–H groups in total. The molecule has 11 aromatic carbocycles. The number of fused-ring (bicyclic) bond motifs is 16. The zero-order chi connectivity index (χ0) is 69.3. The molecule has 0 fully saturated rings. The van der Waals surface area contributed by atoms with Gasteiger partial charge in [0, 0.05) is 71.6 Å². The number of nitrogens with zero attached hydrogens (tertiary/aromatic N) is 9. The standard InChI is InChI=1S/C20H13N2.C20H15N2.C19H13N2.C16H11N2.C10H11BN2.C5H8O2.CH4.Ir/c1-2-9-16-14(7-1)15-8-5-6-13-12-21-17-10-3-4-11-18(17)22(16)20(21)19(13)15;1-2-9-16(10-3-1)22-19-13-7-6-12-18(19)21-14-15-8-4-5-11-17(15)20(21)22;1-3-9-15(10-4-1)19-20-17-13-7-8-14-18(17)21(19)16-11-5-2-6-12-16;1-2-7-14-13(6-1)17-9-8-11-4-3-5-12-10-18(14)16(17)15(11)12;1-4-8-13-9-12-7-3-2-6-11-10(13)5-1;1-4(6)3-5(2)7;;/h1-11H,12H2;1-13H,14H2;1-9,11-14H;1-9H,10H2;1-8,12H,9H2;3,6H,1-2H3;1H4;/q2*+1;-1;2*+1;;;/b;;;;6-2-,7-3-;;;. The van der Waals surface area contributed by atoms with Crippen molar-refractivity contribution in [3.05, 3.63) is 362 Å². The van der Waals surface area contributed by atoms with Crippen molar-refractivity contribution in [1.29, 1.82) is 0 Å². The van der Waals surface area contributed by atoms with Crippen molar-refractivity contribution in [3.8, 4) is 34.2 Å². The minimum atomic E-state index is -0.125. The summed E-state index contributed by atoms with van der Waals surface area (Å²) >= 11 is 0. The van der Waals surface area contributed by atoms with Crippen molar-refractivity contribution >= 4 is 107 Å². The van der Waals surface area contributed by atoms with Crippen molar-refractivity contribution < 1.29 is 48.3 Å². The number of hydrogen-bond donors (Lipinski definition) is 2. The maximum Gasteiger partial charge on any atom is 0.296 e. The van der Waals surface area contributed by atoms with E-state index in [4.69, 9.17) is 10.1 Å². The topological polar surface area (TPSA) is 96.4 Å². The van der Waals surface area contributed by atoms with Crippen molar-refractivity contribution in [1.82, 2.24) is 28.2 Å². The quantitative estimate of drug-likeness (QED) is 0.0458. The number of nitrogens with one attached hydrogen (secondary N) is 1. The second-order valence-corrected chi connectivity index (χ2v) is 25.9. The van der Waals surface area contributed by atoms with Gasteiger partial charge in [0.2, 0.25) is 6.67 Å². The number of hydrogen-bond acceptors (Lipinski definition) is 4.